The number of carbonyl (C=O) groups is 1. The molecule has 1 aliphatic rings. The van der Waals surface area contributed by atoms with Crippen LogP contribution in [0.1, 0.15) is 19.3 Å². The number of aliphatic carboxylic acids is 1. The average Bonchev–Trinajstić information content (AvgIpc) is 2.09. The van der Waals surface area contributed by atoms with Crippen molar-refractivity contribution < 1.29 is 18.3 Å². The molecular weight excluding hydrogens is 204 g/mol. The monoisotopic (exact) mass is 218 g/mol. The van der Waals surface area contributed by atoms with E-state index in [0.717, 1.165) is 0 Å². The number of hydrogen-bond acceptors (Lipinski definition) is 3. The van der Waals surface area contributed by atoms with Gasteiger partial charge in [0.2, 0.25) is 0 Å². The number of hydrogen-bond donors (Lipinski definition) is 1. The normalized spacial score (nSPS) is 24.0. The summed E-state index contributed by atoms with van der Waals surface area (Å²) in [4.78, 5) is 11.0. The van der Waals surface area contributed by atoms with Crippen molar-refractivity contribution in [2.75, 3.05) is 11.5 Å². The molecule has 0 saturated carbocycles. The molecule has 0 aliphatic carbocycles. The van der Waals surface area contributed by atoms with Crippen molar-refractivity contribution in [1.29, 1.82) is 0 Å². The number of carboxylic acid groups (broad SMARTS) is 1. The summed E-state index contributed by atoms with van der Waals surface area (Å²) in [6.07, 6.45) is 2.30. The molecule has 1 N–H and O–H groups in total. The van der Waals surface area contributed by atoms with E-state index >= 15 is 0 Å². The second-order valence-electron chi connectivity index (χ2n) is 3.73. The Morgan fingerprint density at radius 1 is 1.43 bits per heavy atom. The van der Waals surface area contributed by atoms with Gasteiger partial charge >= 0.3 is 5.97 Å². The molecule has 1 aliphatic heterocycles. The van der Waals surface area contributed by atoms with Crippen molar-refractivity contribution in [2.45, 2.75) is 19.3 Å². The van der Waals surface area contributed by atoms with Gasteiger partial charge in [0.05, 0.1) is 16.9 Å². The number of sulfone groups is 1. The Balaban J connectivity index is 2.84. The van der Waals surface area contributed by atoms with Crippen molar-refractivity contribution in [3.8, 4) is 0 Å². The standard InChI is InChI=1S/C9H14O4S/c1-2-3-9(8(10)11)4-6-14(12,13)7-5-9/h2H,1,3-7H2,(H,10,11). The lowest BCUT2D eigenvalue weighted by Crippen LogP contribution is -2.39. The minimum absolute atomic E-state index is 0.0207. The van der Waals surface area contributed by atoms with Crippen LogP contribution in [-0.2, 0) is 14.6 Å². The zero-order valence-electron chi connectivity index (χ0n) is 7.90. The van der Waals surface area contributed by atoms with Crippen molar-refractivity contribution >= 4 is 15.8 Å². The van der Waals surface area contributed by atoms with E-state index in [9.17, 15) is 13.2 Å². The molecule has 0 radical (unpaired) electrons. The minimum Gasteiger partial charge on any atom is -0.481 e. The maximum absolute atomic E-state index is 11.1. The number of allylic oxidation sites excluding steroid dienone is 1. The molecule has 0 amide bonds. The fourth-order valence-electron chi connectivity index (χ4n) is 1.71. The predicted molar refractivity (Wildman–Crippen MR) is 52.8 cm³/mol. The van der Waals surface area contributed by atoms with Crippen LogP contribution in [0, 0.1) is 5.41 Å². The van der Waals surface area contributed by atoms with Crippen LogP contribution in [-0.4, -0.2) is 31.0 Å². The van der Waals surface area contributed by atoms with Gasteiger partial charge in [-0.25, -0.2) is 8.42 Å². The highest BCUT2D eigenvalue weighted by molar-refractivity contribution is 7.91. The molecular formula is C9H14O4S. The van der Waals surface area contributed by atoms with E-state index in [-0.39, 0.29) is 24.3 Å². The van der Waals surface area contributed by atoms with Crippen LogP contribution in [0.4, 0.5) is 0 Å². The first-order chi connectivity index (χ1) is 6.42. The van der Waals surface area contributed by atoms with Crippen molar-refractivity contribution in [2.24, 2.45) is 5.41 Å². The summed E-state index contributed by atoms with van der Waals surface area (Å²) >= 11 is 0. The molecule has 14 heavy (non-hydrogen) atoms. The lowest BCUT2D eigenvalue weighted by Gasteiger charge is -2.31. The van der Waals surface area contributed by atoms with Crippen LogP contribution in [0.2, 0.25) is 0 Å². The lowest BCUT2D eigenvalue weighted by atomic mass is 9.79. The van der Waals surface area contributed by atoms with Gasteiger partial charge in [0, 0.05) is 0 Å². The smallest absolute Gasteiger partial charge is 0.310 e. The van der Waals surface area contributed by atoms with Gasteiger partial charge in [-0.2, -0.15) is 0 Å². The van der Waals surface area contributed by atoms with Gasteiger partial charge in [0.15, 0.2) is 0 Å². The summed E-state index contributed by atoms with van der Waals surface area (Å²) in [5.74, 6) is -0.951. The van der Waals surface area contributed by atoms with E-state index in [1.807, 2.05) is 0 Å². The number of carboxylic acids is 1. The molecule has 0 spiro atoms. The van der Waals surface area contributed by atoms with Crippen LogP contribution >= 0.6 is 0 Å². The molecule has 0 aromatic carbocycles. The predicted octanol–water partition coefficient (Wildman–Crippen LogP) is 0.842. The second kappa shape index (κ2) is 3.73. The van der Waals surface area contributed by atoms with E-state index in [0.29, 0.717) is 6.42 Å². The van der Waals surface area contributed by atoms with Crippen LogP contribution in [0.3, 0.4) is 0 Å². The summed E-state index contributed by atoms with van der Waals surface area (Å²) in [7, 11) is -3.00. The van der Waals surface area contributed by atoms with E-state index in [1.54, 1.807) is 6.08 Å². The zero-order valence-corrected chi connectivity index (χ0v) is 8.72. The quantitative estimate of drug-likeness (QED) is 0.712. The summed E-state index contributed by atoms with van der Waals surface area (Å²) in [6.45, 7) is 3.51. The SMILES string of the molecule is C=CCC1(C(=O)O)CCS(=O)(=O)CC1. The van der Waals surface area contributed by atoms with Gasteiger partial charge in [-0.15, -0.1) is 6.58 Å². The Morgan fingerprint density at radius 3 is 2.29 bits per heavy atom. The third-order valence-electron chi connectivity index (χ3n) is 2.77. The minimum atomic E-state index is -3.00. The number of rotatable bonds is 3. The van der Waals surface area contributed by atoms with E-state index in [4.69, 9.17) is 5.11 Å². The van der Waals surface area contributed by atoms with Crippen LogP contribution in [0.5, 0.6) is 0 Å². The first-order valence-electron chi connectivity index (χ1n) is 4.47. The van der Waals surface area contributed by atoms with E-state index in [1.165, 1.54) is 0 Å². The first kappa shape index (κ1) is 11.2. The van der Waals surface area contributed by atoms with Gasteiger partial charge in [-0.1, -0.05) is 6.08 Å². The highest BCUT2D eigenvalue weighted by atomic mass is 32.2. The third-order valence-corrected chi connectivity index (χ3v) is 4.42. The van der Waals surface area contributed by atoms with Gasteiger partial charge in [0.1, 0.15) is 9.84 Å². The topological polar surface area (TPSA) is 71.4 Å². The van der Waals surface area contributed by atoms with Crippen LogP contribution in [0.25, 0.3) is 0 Å². The summed E-state index contributed by atoms with van der Waals surface area (Å²) < 4.78 is 22.3. The fraction of sp³-hybridized carbons (Fsp3) is 0.667. The molecule has 80 valence electrons. The first-order valence-corrected chi connectivity index (χ1v) is 6.29. The molecule has 1 heterocycles. The Labute approximate surface area is 83.5 Å². The highest BCUT2D eigenvalue weighted by Crippen LogP contribution is 2.36. The Morgan fingerprint density at radius 2 is 1.93 bits per heavy atom. The van der Waals surface area contributed by atoms with E-state index in [2.05, 4.69) is 6.58 Å². The molecule has 4 nitrogen and oxygen atoms in total. The maximum Gasteiger partial charge on any atom is 0.310 e. The largest absolute Gasteiger partial charge is 0.481 e. The van der Waals surface area contributed by atoms with E-state index < -0.39 is 21.2 Å². The van der Waals surface area contributed by atoms with Crippen molar-refractivity contribution in [3.63, 3.8) is 0 Å². The molecule has 0 atom stereocenters. The summed E-state index contributed by atoms with van der Waals surface area (Å²) in [6, 6.07) is 0. The molecule has 0 aromatic heterocycles. The van der Waals surface area contributed by atoms with Gasteiger partial charge in [-0.05, 0) is 19.3 Å². The van der Waals surface area contributed by atoms with Gasteiger partial charge in [0.25, 0.3) is 0 Å². The van der Waals surface area contributed by atoms with Crippen molar-refractivity contribution in [1.82, 2.24) is 0 Å². The molecule has 1 fully saturated rings. The fourth-order valence-corrected chi connectivity index (χ4v) is 3.32. The molecule has 0 aromatic rings. The average molecular weight is 218 g/mol. The van der Waals surface area contributed by atoms with Gasteiger partial charge < -0.3 is 5.11 Å². The third kappa shape index (κ3) is 2.15. The lowest BCUT2D eigenvalue weighted by molar-refractivity contribution is -0.149. The Kier molecular flexibility index (Phi) is 2.99. The summed E-state index contributed by atoms with van der Waals surface area (Å²) in [5.41, 5.74) is -0.896. The van der Waals surface area contributed by atoms with Crippen LogP contribution < -0.4 is 0 Å². The molecule has 5 heteroatoms. The highest BCUT2D eigenvalue weighted by Gasteiger charge is 2.42. The molecule has 0 bridgehead atoms. The summed E-state index contributed by atoms with van der Waals surface area (Å²) in [5, 5.41) is 9.05. The second-order valence-corrected chi connectivity index (χ2v) is 6.03. The van der Waals surface area contributed by atoms with Gasteiger partial charge in [-0.3, -0.25) is 4.79 Å². The maximum atomic E-state index is 11.1. The zero-order chi connectivity index (χ0) is 10.8. The van der Waals surface area contributed by atoms with Crippen LogP contribution in [0.15, 0.2) is 12.7 Å². The molecule has 1 saturated heterocycles. The van der Waals surface area contributed by atoms with Crippen molar-refractivity contribution in [3.05, 3.63) is 12.7 Å². The molecule has 1 rings (SSSR count). The Hall–Kier alpha value is -0.840. The molecule has 0 unspecified atom stereocenters. The Bertz CT molecular complexity index is 328.